The number of carbonyl (C=O) groups is 1. The highest BCUT2D eigenvalue weighted by Gasteiger charge is 2.46. The first-order valence-corrected chi connectivity index (χ1v) is 12.5. The van der Waals surface area contributed by atoms with Crippen molar-refractivity contribution >= 4 is 33.3 Å². The molecular weight excluding hydrogens is 483 g/mol. The highest BCUT2D eigenvalue weighted by atomic mass is 35.5. The largest absolute Gasteiger partial charge is 0.416 e. The highest BCUT2D eigenvalue weighted by molar-refractivity contribution is 7.92. The fourth-order valence-electron chi connectivity index (χ4n) is 4.55. The molecule has 1 amide bonds. The standard InChI is InChI=1S/C20H23ClF3N5O3S/c1-33(31,32)26-16-9-25-29(11-16)18(30)28-6-4-19(5-7-28)12-27(13-19)10-14-8-15(21)2-3-17(14)20(22,23)24/h2-3,8-9,11,26H,4-7,10,12-13H2,1H3. The third-order valence-corrected chi connectivity index (χ3v) is 6.90. The van der Waals surface area contributed by atoms with Gasteiger partial charge in [0.15, 0.2) is 0 Å². The van der Waals surface area contributed by atoms with Crippen LogP contribution in [-0.4, -0.2) is 66.5 Å². The van der Waals surface area contributed by atoms with Crippen LogP contribution in [0, 0.1) is 5.41 Å². The van der Waals surface area contributed by atoms with Gasteiger partial charge in [-0.3, -0.25) is 9.62 Å². The number of benzene rings is 1. The summed E-state index contributed by atoms with van der Waals surface area (Å²) < 4.78 is 65.9. The van der Waals surface area contributed by atoms with Crippen LogP contribution >= 0.6 is 11.6 Å². The van der Waals surface area contributed by atoms with Crippen LogP contribution in [0.3, 0.4) is 0 Å². The van der Waals surface area contributed by atoms with Gasteiger partial charge in [-0.15, -0.1) is 0 Å². The molecule has 1 aromatic carbocycles. The average molecular weight is 506 g/mol. The Morgan fingerprint density at radius 2 is 1.91 bits per heavy atom. The second kappa shape index (κ2) is 8.48. The van der Waals surface area contributed by atoms with E-state index >= 15 is 0 Å². The van der Waals surface area contributed by atoms with E-state index < -0.39 is 21.8 Å². The summed E-state index contributed by atoms with van der Waals surface area (Å²) in [5.74, 6) is 0. The van der Waals surface area contributed by atoms with E-state index in [0.29, 0.717) is 26.2 Å². The third kappa shape index (κ3) is 5.44. The molecule has 4 rings (SSSR count). The molecule has 1 aromatic heterocycles. The number of nitrogens with zero attached hydrogens (tertiary/aromatic N) is 4. The summed E-state index contributed by atoms with van der Waals surface area (Å²) in [6.45, 7) is 2.47. The quantitative estimate of drug-likeness (QED) is 0.687. The maximum Gasteiger partial charge on any atom is 0.416 e. The third-order valence-electron chi connectivity index (χ3n) is 6.06. The Bertz CT molecular complexity index is 1150. The van der Waals surface area contributed by atoms with Crippen LogP contribution in [-0.2, 0) is 22.7 Å². The van der Waals surface area contributed by atoms with E-state index in [0.717, 1.165) is 29.8 Å². The SMILES string of the molecule is CS(=O)(=O)Nc1cnn(C(=O)N2CCC3(CC2)CN(Cc2cc(Cl)ccc2C(F)(F)F)C3)c1. The van der Waals surface area contributed by atoms with Crippen molar-refractivity contribution in [3.8, 4) is 0 Å². The topological polar surface area (TPSA) is 87.5 Å². The summed E-state index contributed by atoms with van der Waals surface area (Å²) in [4.78, 5) is 16.3. The number of halogens is 4. The van der Waals surface area contributed by atoms with Crippen LogP contribution < -0.4 is 4.72 Å². The molecule has 2 aliphatic rings. The van der Waals surface area contributed by atoms with E-state index in [1.54, 1.807) is 4.90 Å². The summed E-state index contributed by atoms with van der Waals surface area (Å²) in [7, 11) is -3.47. The number of nitrogens with one attached hydrogen (secondary N) is 1. The molecule has 2 aliphatic heterocycles. The second-order valence-electron chi connectivity index (χ2n) is 8.76. The van der Waals surface area contributed by atoms with Crippen molar-refractivity contribution in [3.05, 3.63) is 46.7 Å². The number of alkyl halides is 3. The first-order valence-electron chi connectivity index (χ1n) is 10.2. The van der Waals surface area contributed by atoms with Gasteiger partial charge in [-0.2, -0.15) is 23.0 Å². The minimum absolute atomic E-state index is 0.0269. The number of anilines is 1. The Labute approximate surface area is 194 Å². The molecule has 0 unspecified atom stereocenters. The average Bonchev–Trinajstić information content (AvgIpc) is 3.12. The van der Waals surface area contributed by atoms with Crippen LogP contribution in [0.25, 0.3) is 0 Å². The van der Waals surface area contributed by atoms with E-state index in [2.05, 4.69) is 9.82 Å². The zero-order chi connectivity index (χ0) is 24.0. The number of likely N-dealkylation sites (tertiary alicyclic amines) is 2. The molecule has 1 spiro atoms. The molecule has 0 radical (unpaired) electrons. The number of hydrogen-bond donors (Lipinski definition) is 1. The Balaban J connectivity index is 1.32. The fraction of sp³-hybridized carbons (Fsp3) is 0.500. The van der Waals surface area contributed by atoms with Gasteiger partial charge in [0.05, 0.1) is 29.9 Å². The monoisotopic (exact) mass is 505 g/mol. The van der Waals surface area contributed by atoms with Crippen molar-refractivity contribution in [1.82, 2.24) is 19.6 Å². The molecule has 180 valence electrons. The molecule has 0 aliphatic carbocycles. The first-order chi connectivity index (χ1) is 15.3. The molecule has 2 fully saturated rings. The summed E-state index contributed by atoms with van der Waals surface area (Å²) in [5, 5.41) is 4.20. The Morgan fingerprint density at radius 1 is 1.24 bits per heavy atom. The molecule has 13 heteroatoms. The van der Waals surface area contributed by atoms with Crippen LogP contribution in [0.5, 0.6) is 0 Å². The lowest BCUT2D eigenvalue weighted by Crippen LogP contribution is -2.60. The predicted octanol–water partition coefficient (Wildman–Crippen LogP) is 3.49. The second-order valence-corrected chi connectivity index (χ2v) is 10.9. The first kappa shape index (κ1) is 23.8. The predicted molar refractivity (Wildman–Crippen MR) is 116 cm³/mol. The molecule has 1 N–H and O–H groups in total. The number of hydrogen-bond acceptors (Lipinski definition) is 5. The van der Waals surface area contributed by atoms with Crippen molar-refractivity contribution in [2.24, 2.45) is 5.41 Å². The van der Waals surface area contributed by atoms with Crippen LogP contribution in [0.2, 0.25) is 5.02 Å². The maximum atomic E-state index is 13.3. The minimum atomic E-state index is -4.43. The van der Waals surface area contributed by atoms with Crippen molar-refractivity contribution in [2.45, 2.75) is 25.6 Å². The Kier molecular flexibility index (Phi) is 6.12. The van der Waals surface area contributed by atoms with E-state index in [9.17, 15) is 26.4 Å². The molecule has 2 saturated heterocycles. The van der Waals surface area contributed by atoms with Crippen LogP contribution in [0.1, 0.15) is 24.0 Å². The van der Waals surface area contributed by atoms with Crippen molar-refractivity contribution in [1.29, 1.82) is 0 Å². The lowest BCUT2D eigenvalue weighted by molar-refractivity contribution is -0.139. The van der Waals surface area contributed by atoms with Gasteiger partial charge in [-0.1, -0.05) is 11.6 Å². The molecule has 3 heterocycles. The van der Waals surface area contributed by atoms with Gasteiger partial charge in [0.2, 0.25) is 10.0 Å². The zero-order valence-electron chi connectivity index (χ0n) is 17.8. The van der Waals surface area contributed by atoms with Gasteiger partial charge in [-0.25, -0.2) is 13.2 Å². The van der Waals surface area contributed by atoms with Crippen LogP contribution in [0.4, 0.5) is 23.7 Å². The van der Waals surface area contributed by atoms with Gasteiger partial charge >= 0.3 is 12.2 Å². The Hall–Kier alpha value is -2.31. The summed E-state index contributed by atoms with van der Waals surface area (Å²) in [6, 6.07) is 3.28. The summed E-state index contributed by atoms with van der Waals surface area (Å²) in [5.41, 5.74) is -0.332. The van der Waals surface area contributed by atoms with Crippen molar-refractivity contribution in [3.63, 3.8) is 0 Å². The smallest absolute Gasteiger partial charge is 0.323 e. The van der Waals surface area contributed by atoms with Gasteiger partial charge in [0.1, 0.15) is 0 Å². The molecule has 33 heavy (non-hydrogen) atoms. The number of carbonyl (C=O) groups excluding carboxylic acids is 1. The normalized spacial score (nSPS) is 18.9. The molecule has 8 nitrogen and oxygen atoms in total. The van der Waals surface area contributed by atoms with E-state index in [-0.39, 0.29) is 34.3 Å². The fourth-order valence-corrected chi connectivity index (χ4v) is 5.28. The summed E-state index contributed by atoms with van der Waals surface area (Å²) in [6.07, 6.45) is 0.617. The minimum Gasteiger partial charge on any atom is -0.323 e. The Morgan fingerprint density at radius 3 is 2.52 bits per heavy atom. The number of piperidine rings is 1. The number of amides is 1. The molecule has 0 saturated carbocycles. The van der Waals surface area contributed by atoms with E-state index in [1.807, 2.05) is 4.90 Å². The zero-order valence-corrected chi connectivity index (χ0v) is 19.3. The molecular formula is C20H23ClF3N5O3S. The van der Waals surface area contributed by atoms with E-state index in [4.69, 9.17) is 11.6 Å². The summed E-state index contributed by atoms with van der Waals surface area (Å²) >= 11 is 5.92. The van der Waals surface area contributed by atoms with Gasteiger partial charge in [0, 0.05) is 37.7 Å². The lowest BCUT2D eigenvalue weighted by Gasteiger charge is -2.54. The highest BCUT2D eigenvalue weighted by Crippen LogP contribution is 2.42. The number of sulfonamides is 1. The van der Waals surface area contributed by atoms with Gasteiger partial charge in [-0.05, 0) is 42.0 Å². The van der Waals surface area contributed by atoms with Crippen molar-refractivity contribution < 1.29 is 26.4 Å². The van der Waals surface area contributed by atoms with E-state index in [1.165, 1.54) is 24.5 Å². The van der Waals surface area contributed by atoms with Crippen molar-refractivity contribution in [2.75, 3.05) is 37.2 Å². The van der Waals surface area contributed by atoms with Gasteiger partial charge in [0.25, 0.3) is 0 Å². The lowest BCUT2D eigenvalue weighted by atomic mass is 9.72. The molecule has 0 bridgehead atoms. The number of rotatable bonds is 4. The maximum absolute atomic E-state index is 13.3. The molecule has 2 aromatic rings. The van der Waals surface area contributed by atoms with Gasteiger partial charge < -0.3 is 4.90 Å². The molecule has 0 atom stereocenters. The van der Waals surface area contributed by atoms with Crippen LogP contribution in [0.15, 0.2) is 30.6 Å². The number of aromatic nitrogens is 2.